The summed E-state index contributed by atoms with van der Waals surface area (Å²) in [6.07, 6.45) is 3.79. The molecule has 16 heavy (non-hydrogen) atoms. The summed E-state index contributed by atoms with van der Waals surface area (Å²) in [5.41, 5.74) is 1.46. The molecule has 1 nitrogen and oxygen atoms in total. The van der Waals surface area contributed by atoms with Gasteiger partial charge in [-0.25, -0.2) is 0 Å². The van der Waals surface area contributed by atoms with Gasteiger partial charge in [0.2, 0.25) is 0 Å². The van der Waals surface area contributed by atoms with Crippen LogP contribution in [0.15, 0.2) is 30.3 Å². The third kappa shape index (κ3) is 3.53. The Hall–Kier alpha value is -0.470. The van der Waals surface area contributed by atoms with Gasteiger partial charge < -0.3 is 5.32 Å². The molecule has 2 unspecified atom stereocenters. The SMILES string of the molecule is CC1SCCC1NCCCc1ccccc1. The number of benzene rings is 1. The van der Waals surface area contributed by atoms with E-state index in [-0.39, 0.29) is 0 Å². The second-order valence-corrected chi connectivity index (χ2v) is 6.00. The maximum Gasteiger partial charge on any atom is 0.0191 e. The van der Waals surface area contributed by atoms with Gasteiger partial charge in [-0.2, -0.15) is 11.8 Å². The largest absolute Gasteiger partial charge is 0.313 e. The standard InChI is InChI=1S/C14H21NS/c1-12-14(9-11-16-12)15-10-5-8-13-6-3-2-4-7-13/h2-4,6-7,12,14-15H,5,8-11H2,1H3. The molecular weight excluding hydrogens is 214 g/mol. The van der Waals surface area contributed by atoms with Crippen molar-refractivity contribution in [3.63, 3.8) is 0 Å². The van der Waals surface area contributed by atoms with Crippen LogP contribution in [0.2, 0.25) is 0 Å². The van der Waals surface area contributed by atoms with Crippen LogP contribution >= 0.6 is 11.8 Å². The average Bonchev–Trinajstić information content (AvgIpc) is 2.72. The topological polar surface area (TPSA) is 12.0 Å². The highest BCUT2D eigenvalue weighted by Gasteiger charge is 2.22. The minimum Gasteiger partial charge on any atom is -0.313 e. The quantitative estimate of drug-likeness (QED) is 0.787. The van der Waals surface area contributed by atoms with Crippen molar-refractivity contribution >= 4 is 11.8 Å². The van der Waals surface area contributed by atoms with Crippen molar-refractivity contribution < 1.29 is 0 Å². The van der Waals surface area contributed by atoms with Gasteiger partial charge in [0.05, 0.1) is 0 Å². The zero-order valence-corrected chi connectivity index (χ0v) is 10.8. The van der Waals surface area contributed by atoms with Gasteiger partial charge in [0.1, 0.15) is 0 Å². The predicted octanol–water partition coefficient (Wildman–Crippen LogP) is 3.10. The van der Waals surface area contributed by atoms with Crippen LogP contribution < -0.4 is 5.32 Å². The molecule has 1 fully saturated rings. The summed E-state index contributed by atoms with van der Waals surface area (Å²) in [6.45, 7) is 3.50. The van der Waals surface area contributed by atoms with E-state index in [1.807, 2.05) is 0 Å². The van der Waals surface area contributed by atoms with Gasteiger partial charge in [-0.05, 0) is 37.1 Å². The van der Waals surface area contributed by atoms with Crippen molar-refractivity contribution in [2.75, 3.05) is 12.3 Å². The van der Waals surface area contributed by atoms with Crippen LogP contribution in [0, 0.1) is 0 Å². The smallest absolute Gasteiger partial charge is 0.0191 e. The van der Waals surface area contributed by atoms with Crippen LogP contribution in [-0.4, -0.2) is 23.6 Å². The van der Waals surface area contributed by atoms with E-state index in [2.05, 4.69) is 54.3 Å². The fraction of sp³-hybridized carbons (Fsp3) is 0.571. The first-order valence-corrected chi connectivity index (χ1v) is 7.30. The normalized spacial score (nSPS) is 24.8. The first kappa shape index (κ1) is 12.0. The van der Waals surface area contributed by atoms with Crippen molar-refractivity contribution in [2.45, 2.75) is 37.5 Å². The van der Waals surface area contributed by atoms with E-state index in [0.29, 0.717) is 0 Å². The number of hydrogen-bond acceptors (Lipinski definition) is 2. The molecule has 2 rings (SSSR count). The molecule has 0 radical (unpaired) electrons. The van der Waals surface area contributed by atoms with Gasteiger partial charge in [0.25, 0.3) is 0 Å². The molecule has 0 aromatic heterocycles. The summed E-state index contributed by atoms with van der Waals surface area (Å²) in [4.78, 5) is 0. The lowest BCUT2D eigenvalue weighted by atomic mass is 10.1. The maximum absolute atomic E-state index is 3.68. The van der Waals surface area contributed by atoms with Crippen LogP contribution in [0.25, 0.3) is 0 Å². The van der Waals surface area contributed by atoms with Crippen LogP contribution in [-0.2, 0) is 6.42 Å². The molecule has 1 heterocycles. The van der Waals surface area contributed by atoms with E-state index in [1.165, 1.54) is 30.6 Å². The monoisotopic (exact) mass is 235 g/mol. The van der Waals surface area contributed by atoms with Crippen molar-refractivity contribution in [1.82, 2.24) is 5.32 Å². The van der Waals surface area contributed by atoms with Gasteiger partial charge in [-0.3, -0.25) is 0 Å². The molecule has 0 amide bonds. The van der Waals surface area contributed by atoms with Crippen molar-refractivity contribution in [2.24, 2.45) is 0 Å². The first-order valence-electron chi connectivity index (χ1n) is 6.25. The number of hydrogen-bond donors (Lipinski definition) is 1. The van der Waals surface area contributed by atoms with E-state index in [9.17, 15) is 0 Å². The summed E-state index contributed by atoms with van der Waals surface area (Å²) in [5.74, 6) is 1.33. The minimum absolute atomic E-state index is 0.751. The molecule has 1 aliphatic heterocycles. The molecule has 0 spiro atoms. The summed E-state index contributed by atoms with van der Waals surface area (Å²) in [7, 11) is 0. The zero-order valence-electron chi connectivity index (χ0n) is 9.99. The van der Waals surface area contributed by atoms with Crippen molar-refractivity contribution in [1.29, 1.82) is 0 Å². The fourth-order valence-electron chi connectivity index (χ4n) is 2.22. The molecule has 2 atom stereocenters. The second-order valence-electron chi connectivity index (χ2n) is 4.51. The molecule has 0 saturated carbocycles. The molecule has 88 valence electrons. The Kier molecular flexibility index (Phi) is 4.73. The highest BCUT2D eigenvalue weighted by Crippen LogP contribution is 2.25. The molecule has 0 bridgehead atoms. The zero-order chi connectivity index (χ0) is 11.2. The van der Waals surface area contributed by atoms with Crippen molar-refractivity contribution in [3.05, 3.63) is 35.9 Å². The highest BCUT2D eigenvalue weighted by molar-refractivity contribution is 8.00. The van der Waals surface area contributed by atoms with Gasteiger partial charge >= 0.3 is 0 Å². The van der Waals surface area contributed by atoms with Crippen LogP contribution in [0.3, 0.4) is 0 Å². The predicted molar refractivity (Wildman–Crippen MR) is 73.1 cm³/mol. The van der Waals surface area contributed by atoms with Gasteiger partial charge in [0.15, 0.2) is 0 Å². The Balaban J connectivity index is 1.62. The highest BCUT2D eigenvalue weighted by atomic mass is 32.2. The Bertz CT molecular complexity index is 299. The lowest BCUT2D eigenvalue weighted by Gasteiger charge is -2.16. The molecule has 1 aromatic carbocycles. The molecule has 1 N–H and O–H groups in total. The molecule has 1 aliphatic rings. The lowest BCUT2D eigenvalue weighted by Crippen LogP contribution is -2.34. The third-order valence-corrected chi connectivity index (χ3v) is 4.59. The number of rotatable bonds is 5. The van der Waals surface area contributed by atoms with Crippen molar-refractivity contribution in [3.8, 4) is 0 Å². The fourth-order valence-corrected chi connectivity index (χ4v) is 3.45. The Labute approximate surface area is 103 Å². The van der Waals surface area contributed by atoms with Gasteiger partial charge in [-0.15, -0.1) is 0 Å². The van der Waals surface area contributed by atoms with Crippen LogP contribution in [0.1, 0.15) is 25.3 Å². The Morgan fingerprint density at radius 3 is 2.81 bits per heavy atom. The van der Waals surface area contributed by atoms with Gasteiger partial charge in [0, 0.05) is 11.3 Å². The summed E-state index contributed by atoms with van der Waals surface area (Å²) in [5, 5.41) is 4.48. The summed E-state index contributed by atoms with van der Waals surface area (Å²) >= 11 is 2.10. The number of thioether (sulfide) groups is 1. The number of nitrogens with one attached hydrogen (secondary N) is 1. The number of aryl methyl sites for hydroxylation is 1. The molecule has 2 heteroatoms. The molecular formula is C14H21NS. The Morgan fingerprint density at radius 2 is 2.12 bits per heavy atom. The first-order chi connectivity index (χ1) is 7.86. The summed E-state index contributed by atoms with van der Waals surface area (Å²) < 4.78 is 0. The molecule has 1 saturated heterocycles. The average molecular weight is 235 g/mol. The van der Waals surface area contributed by atoms with Gasteiger partial charge in [-0.1, -0.05) is 37.3 Å². The van der Waals surface area contributed by atoms with E-state index in [1.54, 1.807) is 0 Å². The minimum atomic E-state index is 0.751. The Morgan fingerprint density at radius 1 is 1.31 bits per heavy atom. The molecule has 1 aromatic rings. The third-order valence-electron chi connectivity index (χ3n) is 3.27. The van der Waals surface area contributed by atoms with Crippen LogP contribution in [0.5, 0.6) is 0 Å². The molecule has 0 aliphatic carbocycles. The van der Waals surface area contributed by atoms with E-state index < -0.39 is 0 Å². The van der Waals surface area contributed by atoms with E-state index in [0.717, 1.165) is 17.8 Å². The summed E-state index contributed by atoms with van der Waals surface area (Å²) in [6, 6.07) is 11.5. The van der Waals surface area contributed by atoms with E-state index >= 15 is 0 Å². The second kappa shape index (κ2) is 6.31. The van der Waals surface area contributed by atoms with E-state index in [4.69, 9.17) is 0 Å². The maximum atomic E-state index is 3.68. The lowest BCUT2D eigenvalue weighted by molar-refractivity contribution is 0.505. The van der Waals surface area contributed by atoms with Crippen LogP contribution in [0.4, 0.5) is 0 Å².